The molecule has 0 radical (unpaired) electrons. The number of aromatic nitrogens is 2. The van der Waals surface area contributed by atoms with Crippen LogP contribution < -0.4 is 0 Å². The number of rotatable bonds is 3. The van der Waals surface area contributed by atoms with E-state index in [1.54, 1.807) is 6.92 Å². The number of hydrogen-bond acceptors (Lipinski definition) is 5. The molecule has 3 heterocycles. The quantitative estimate of drug-likeness (QED) is 0.638. The van der Waals surface area contributed by atoms with Crippen molar-refractivity contribution in [2.75, 3.05) is 6.61 Å². The van der Waals surface area contributed by atoms with E-state index in [0.29, 0.717) is 17.1 Å². The molecule has 0 saturated carbocycles. The molecule has 1 aliphatic rings. The molecule has 0 saturated heterocycles. The lowest BCUT2D eigenvalue weighted by atomic mass is 10.0. The van der Waals surface area contributed by atoms with Gasteiger partial charge in [0.25, 0.3) is 0 Å². The Labute approximate surface area is 124 Å². The van der Waals surface area contributed by atoms with Gasteiger partial charge in [-0.2, -0.15) is 0 Å². The average molecular weight is 301 g/mol. The highest BCUT2D eigenvalue weighted by atomic mass is 19.1. The van der Waals surface area contributed by atoms with Crippen LogP contribution in [0.5, 0.6) is 0 Å². The lowest BCUT2D eigenvalue weighted by Gasteiger charge is -2.11. The average Bonchev–Trinajstić information content (AvgIpc) is 2.90. The summed E-state index contributed by atoms with van der Waals surface area (Å²) in [4.78, 5) is 31.9. The number of carbonyl (C=O) groups excluding carboxylic acids is 2. The van der Waals surface area contributed by atoms with Crippen LogP contribution >= 0.6 is 0 Å². The van der Waals surface area contributed by atoms with Crippen molar-refractivity contribution in [3.05, 3.63) is 47.8 Å². The highest BCUT2D eigenvalue weighted by molar-refractivity contribution is 6.26. The SMILES string of the molecule is CCOC(=O)C1=CN=C(c2cnc3ccc(F)cn23)CC1=O. The number of Topliss-reactive ketones (excluding diaryl/α,β-unsaturated/α-hetero) is 1. The summed E-state index contributed by atoms with van der Waals surface area (Å²) in [7, 11) is 0. The Kier molecular flexibility index (Phi) is 3.54. The van der Waals surface area contributed by atoms with Crippen molar-refractivity contribution in [1.29, 1.82) is 0 Å². The van der Waals surface area contributed by atoms with Gasteiger partial charge >= 0.3 is 5.97 Å². The summed E-state index contributed by atoms with van der Waals surface area (Å²) in [6.45, 7) is 1.85. The van der Waals surface area contributed by atoms with E-state index in [1.165, 1.54) is 35.1 Å². The topological polar surface area (TPSA) is 73.0 Å². The first kappa shape index (κ1) is 14.1. The second-order valence-corrected chi connectivity index (χ2v) is 4.66. The number of aliphatic imine (C=N–C) groups is 1. The van der Waals surface area contributed by atoms with Crippen LogP contribution in [-0.2, 0) is 14.3 Å². The molecule has 2 aromatic rings. The number of fused-ring (bicyclic) bond motifs is 1. The Morgan fingerprint density at radius 3 is 3.00 bits per heavy atom. The van der Waals surface area contributed by atoms with Gasteiger partial charge in [-0.1, -0.05) is 0 Å². The first-order valence-electron chi connectivity index (χ1n) is 6.70. The molecule has 0 amide bonds. The number of carbonyl (C=O) groups is 2. The summed E-state index contributed by atoms with van der Waals surface area (Å²) in [5.41, 5.74) is 1.41. The second kappa shape index (κ2) is 5.51. The fourth-order valence-electron chi connectivity index (χ4n) is 2.21. The molecular weight excluding hydrogens is 289 g/mol. The molecule has 0 aliphatic carbocycles. The molecule has 7 heteroatoms. The molecule has 0 spiro atoms. The fourth-order valence-corrected chi connectivity index (χ4v) is 2.21. The molecule has 0 bridgehead atoms. The van der Waals surface area contributed by atoms with Crippen molar-refractivity contribution in [1.82, 2.24) is 9.38 Å². The molecule has 0 unspecified atom stereocenters. The van der Waals surface area contributed by atoms with Crippen molar-refractivity contribution >= 4 is 23.1 Å². The summed E-state index contributed by atoms with van der Waals surface area (Å²) in [6, 6.07) is 2.84. The maximum atomic E-state index is 13.4. The molecule has 6 nitrogen and oxygen atoms in total. The Balaban J connectivity index is 2.00. The molecule has 1 aliphatic heterocycles. The van der Waals surface area contributed by atoms with Crippen molar-refractivity contribution < 1.29 is 18.7 Å². The number of esters is 1. The van der Waals surface area contributed by atoms with E-state index in [1.807, 2.05) is 0 Å². The first-order valence-corrected chi connectivity index (χ1v) is 6.70. The summed E-state index contributed by atoms with van der Waals surface area (Å²) in [5.74, 6) is -1.48. The van der Waals surface area contributed by atoms with E-state index in [2.05, 4.69) is 9.98 Å². The van der Waals surface area contributed by atoms with E-state index >= 15 is 0 Å². The minimum atomic E-state index is -0.681. The molecule has 112 valence electrons. The van der Waals surface area contributed by atoms with Crippen LogP contribution in [0.15, 0.2) is 41.3 Å². The highest BCUT2D eigenvalue weighted by Crippen LogP contribution is 2.17. The fraction of sp³-hybridized carbons (Fsp3) is 0.200. The maximum absolute atomic E-state index is 13.4. The van der Waals surface area contributed by atoms with Gasteiger partial charge < -0.3 is 4.74 Å². The maximum Gasteiger partial charge on any atom is 0.343 e. The smallest absolute Gasteiger partial charge is 0.343 e. The van der Waals surface area contributed by atoms with Crippen molar-refractivity contribution in [3.8, 4) is 0 Å². The van der Waals surface area contributed by atoms with Gasteiger partial charge in [-0.05, 0) is 19.1 Å². The Morgan fingerprint density at radius 2 is 2.27 bits per heavy atom. The number of pyridine rings is 1. The lowest BCUT2D eigenvalue weighted by molar-refractivity contribution is -0.139. The molecule has 0 atom stereocenters. The number of ether oxygens (including phenoxy) is 1. The van der Waals surface area contributed by atoms with E-state index in [0.717, 1.165) is 0 Å². The van der Waals surface area contributed by atoms with Crippen molar-refractivity contribution in [2.24, 2.45) is 4.99 Å². The Morgan fingerprint density at radius 1 is 1.45 bits per heavy atom. The molecule has 2 aromatic heterocycles. The highest BCUT2D eigenvalue weighted by Gasteiger charge is 2.26. The number of halogens is 1. The van der Waals surface area contributed by atoms with Crippen molar-refractivity contribution in [3.63, 3.8) is 0 Å². The number of ketones is 1. The van der Waals surface area contributed by atoms with Gasteiger partial charge in [-0.3, -0.25) is 14.2 Å². The van der Waals surface area contributed by atoms with Crippen molar-refractivity contribution in [2.45, 2.75) is 13.3 Å². The second-order valence-electron chi connectivity index (χ2n) is 4.66. The first-order chi connectivity index (χ1) is 10.6. The molecule has 22 heavy (non-hydrogen) atoms. The predicted molar refractivity (Wildman–Crippen MR) is 76.0 cm³/mol. The third-order valence-corrected chi connectivity index (χ3v) is 3.24. The lowest BCUT2D eigenvalue weighted by Crippen LogP contribution is -2.22. The van der Waals surface area contributed by atoms with Gasteiger partial charge in [-0.25, -0.2) is 14.2 Å². The Hall–Kier alpha value is -2.83. The number of hydrogen-bond donors (Lipinski definition) is 0. The molecule has 0 aromatic carbocycles. The van der Waals surface area contributed by atoms with Crippen LogP contribution in [0.2, 0.25) is 0 Å². The third-order valence-electron chi connectivity index (χ3n) is 3.24. The van der Waals surface area contributed by atoms with Gasteiger partial charge in [0, 0.05) is 12.4 Å². The van der Waals surface area contributed by atoms with Crippen LogP contribution in [-0.4, -0.2) is 33.5 Å². The zero-order chi connectivity index (χ0) is 15.7. The predicted octanol–water partition coefficient (Wildman–Crippen LogP) is 1.68. The summed E-state index contributed by atoms with van der Waals surface area (Å²) >= 11 is 0. The summed E-state index contributed by atoms with van der Waals surface area (Å²) in [6.07, 6.45) is 3.92. The number of nitrogens with zero attached hydrogens (tertiary/aromatic N) is 3. The molecule has 3 rings (SSSR count). The van der Waals surface area contributed by atoms with Crippen LogP contribution in [0.1, 0.15) is 19.0 Å². The van der Waals surface area contributed by atoms with Gasteiger partial charge in [-0.15, -0.1) is 0 Å². The zero-order valence-electron chi connectivity index (χ0n) is 11.7. The van der Waals surface area contributed by atoms with Gasteiger partial charge in [0.15, 0.2) is 5.78 Å². The summed E-state index contributed by atoms with van der Waals surface area (Å²) in [5, 5.41) is 0. The van der Waals surface area contributed by atoms with Gasteiger partial charge in [0.05, 0.1) is 30.6 Å². The van der Waals surface area contributed by atoms with Gasteiger partial charge in [0.2, 0.25) is 0 Å². The van der Waals surface area contributed by atoms with Crippen LogP contribution in [0.3, 0.4) is 0 Å². The van der Waals surface area contributed by atoms with E-state index in [4.69, 9.17) is 4.74 Å². The van der Waals surface area contributed by atoms with Crippen LogP contribution in [0.25, 0.3) is 5.65 Å². The molecule has 0 fully saturated rings. The normalized spacial score (nSPS) is 14.7. The zero-order valence-corrected chi connectivity index (χ0v) is 11.7. The van der Waals surface area contributed by atoms with Crippen LogP contribution in [0.4, 0.5) is 4.39 Å². The van der Waals surface area contributed by atoms with Crippen LogP contribution in [0, 0.1) is 5.82 Å². The largest absolute Gasteiger partial charge is 0.462 e. The van der Waals surface area contributed by atoms with Gasteiger partial charge in [0.1, 0.15) is 17.0 Å². The van der Waals surface area contributed by atoms with E-state index < -0.39 is 11.8 Å². The minimum absolute atomic E-state index is 0.0606. The number of imidazole rings is 1. The minimum Gasteiger partial charge on any atom is -0.462 e. The standard InChI is InChI=1S/C15H12FN3O3/c1-2-22-15(21)10-6-17-11(5-13(10)20)12-7-18-14-4-3-9(16)8-19(12)14/h3-4,6-8H,2,5H2,1H3. The third kappa shape index (κ3) is 2.41. The molecule has 0 N–H and O–H groups in total. The monoisotopic (exact) mass is 301 g/mol. The van der Waals surface area contributed by atoms with E-state index in [9.17, 15) is 14.0 Å². The Bertz CT molecular complexity index is 836. The summed E-state index contributed by atoms with van der Waals surface area (Å²) < 4.78 is 19.7. The van der Waals surface area contributed by atoms with E-state index in [-0.39, 0.29) is 24.4 Å². The molecular formula is C15H12FN3O3.